The van der Waals surface area contributed by atoms with Crippen molar-refractivity contribution in [2.24, 2.45) is 0 Å². The lowest BCUT2D eigenvalue weighted by atomic mass is 10.0. The van der Waals surface area contributed by atoms with Gasteiger partial charge in [-0.2, -0.15) is 11.8 Å². The molecular weight excluding hydrogens is 336 g/mol. The zero-order valence-corrected chi connectivity index (χ0v) is 15.5. The Bertz CT molecular complexity index is 752. The maximum absolute atomic E-state index is 12.7. The molecule has 2 aromatic heterocycles. The molecular formula is C18H24N4O2S. The monoisotopic (exact) mass is 360 g/mol. The zero-order valence-electron chi connectivity index (χ0n) is 14.7. The van der Waals surface area contributed by atoms with Gasteiger partial charge < -0.3 is 14.3 Å². The molecule has 134 valence electrons. The number of hydrogen-bond donors (Lipinski definition) is 1. The number of amides is 1. The van der Waals surface area contributed by atoms with Crippen molar-refractivity contribution in [2.45, 2.75) is 56.2 Å². The number of aromatic amines is 1. The molecule has 1 amide bonds. The van der Waals surface area contributed by atoms with E-state index in [1.807, 2.05) is 24.3 Å². The summed E-state index contributed by atoms with van der Waals surface area (Å²) in [6.07, 6.45) is 11.1. The lowest BCUT2D eigenvalue weighted by molar-refractivity contribution is -0.134. The molecule has 2 unspecified atom stereocenters. The molecule has 2 atom stereocenters. The summed E-state index contributed by atoms with van der Waals surface area (Å²) in [6, 6.07) is 0.0235. The minimum absolute atomic E-state index is 0.0228. The van der Waals surface area contributed by atoms with Crippen LogP contribution in [-0.4, -0.2) is 43.8 Å². The Morgan fingerprint density at radius 3 is 3.00 bits per heavy atom. The second-order valence-electron chi connectivity index (χ2n) is 6.93. The minimum atomic E-state index is -0.0228. The van der Waals surface area contributed by atoms with E-state index in [0.29, 0.717) is 11.7 Å². The summed E-state index contributed by atoms with van der Waals surface area (Å²) < 4.78 is 5.85. The Morgan fingerprint density at radius 2 is 2.24 bits per heavy atom. The molecule has 1 saturated heterocycles. The van der Waals surface area contributed by atoms with Gasteiger partial charge in [-0.3, -0.25) is 4.79 Å². The van der Waals surface area contributed by atoms with E-state index in [1.54, 1.807) is 18.0 Å². The molecule has 25 heavy (non-hydrogen) atoms. The molecule has 2 aromatic rings. The molecule has 2 aliphatic rings. The Kier molecular flexibility index (Phi) is 4.58. The summed E-state index contributed by atoms with van der Waals surface area (Å²) >= 11 is 1.59. The lowest BCUT2D eigenvalue weighted by Gasteiger charge is -2.36. The number of rotatable bonds is 5. The van der Waals surface area contributed by atoms with Crippen molar-refractivity contribution in [3.05, 3.63) is 24.1 Å². The summed E-state index contributed by atoms with van der Waals surface area (Å²) in [5.74, 6) is 3.07. The number of H-pyrrole nitrogens is 1. The predicted molar refractivity (Wildman–Crippen MR) is 97.3 cm³/mol. The number of imidazole rings is 1. The van der Waals surface area contributed by atoms with Gasteiger partial charge in [0.2, 0.25) is 5.91 Å². The summed E-state index contributed by atoms with van der Waals surface area (Å²) in [5, 5.41) is -0.0228. The topological polar surface area (TPSA) is 75.0 Å². The molecule has 6 nitrogen and oxygen atoms in total. The predicted octanol–water partition coefficient (Wildman–Crippen LogP) is 3.75. The Hall–Kier alpha value is -1.76. The third kappa shape index (κ3) is 3.34. The van der Waals surface area contributed by atoms with Crippen LogP contribution in [0.25, 0.3) is 11.5 Å². The first-order valence-corrected chi connectivity index (χ1v) is 10.3. The van der Waals surface area contributed by atoms with Crippen molar-refractivity contribution in [3.8, 4) is 11.5 Å². The number of likely N-dealkylation sites (tertiary alicyclic amines) is 1. The van der Waals surface area contributed by atoms with E-state index in [1.165, 1.54) is 12.8 Å². The van der Waals surface area contributed by atoms with Gasteiger partial charge in [0.1, 0.15) is 11.5 Å². The van der Waals surface area contributed by atoms with Crippen molar-refractivity contribution in [2.75, 3.05) is 12.8 Å². The van der Waals surface area contributed by atoms with E-state index in [-0.39, 0.29) is 17.2 Å². The molecule has 2 fully saturated rings. The van der Waals surface area contributed by atoms with Gasteiger partial charge >= 0.3 is 0 Å². The van der Waals surface area contributed by atoms with Crippen LogP contribution in [0.3, 0.4) is 0 Å². The Balaban J connectivity index is 1.55. The number of thioether (sulfide) groups is 1. The number of piperidine rings is 1. The highest BCUT2D eigenvalue weighted by molar-refractivity contribution is 7.99. The fourth-order valence-corrected chi connectivity index (χ4v) is 3.71. The first kappa shape index (κ1) is 16.7. The van der Waals surface area contributed by atoms with E-state index in [2.05, 4.69) is 9.97 Å². The zero-order chi connectivity index (χ0) is 17.4. The fourth-order valence-electron chi connectivity index (χ4n) is 3.37. The van der Waals surface area contributed by atoms with E-state index >= 15 is 0 Å². The lowest BCUT2D eigenvalue weighted by Crippen LogP contribution is -2.42. The van der Waals surface area contributed by atoms with Crippen LogP contribution in [0.1, 0.15) is 62.7 Å². The third-order valence-electron chi connectivity index (χ3n) is 5.10. The highest BCUT2D eigenvalue weighted by Gasteiger charge is 2.33. The molecule has 7 heteroatoms. The summed E-state index contributed by atoms with van der Waals surface area (Å²) in [6.45, 7) is 2.78. The summed E-state index contributed by atoms with van der Waals surface area (Å²) in [4.78, 5) is 27.1. The van der Waals surface area contributed by atoms with E-state index in [0.717, 1.165) is 43.2 Å². The van der Waals surface area contributed by atoms with Gasteiger partial charge in [-0.15, -0.1) is 0 Å². The van der Waals surface area contributed by atoms with Gasteiger partial charge in [0.15, 0.2) is 11.7 Å². The normalized spacial score (nSPS) is 22.2. The number of aromatic nitrogens is 3. The largest absolute Gasteiger partial charge is 0.439 e. The second-order valence-corrected chi connectivity index (χ2v) is 8.11. The quantitative estimate of drug-likeness (QED) is 0.879. The first-order chi connectivity index (χ1) is 12.2. The van der Waals surface area contributed by atoms with Crippen LogP contribution in [0.5, 0.6) is 0 Å². The summed E-state index contributed by atoms with van der Waals surface area (Å²) in [7, 11) is 0. The van der Waals surface area contributed by atoms with Crippen LogP contribution >= 0.6 is 11.8 Å². The van der Waals surface area contributed by atoms with Crippen LogP contribution in [0.15, 0.2) is 16.8 Å². The van der Waals surface area contributed by atoms with Crippen LogP contribution in [0.4, 0.5) is 0 Å². The van der Waals surface area contributed by atoms with Gasteiger partial charge in [-0.25, -0.2) is 9.97 Å². The van der Waals surface area contributed by atoms with Crippen molar-refractivity contribution in [1.29, 1.82) is 0 Å². The van der Waals surface area contributed by atoms with Gasteiger partial charge in [0.25, 0.3) is 0 Å². The fraction of sp³-hybridized carbons (Fsp3) is 0.611. The molecule has 4 rings (SSSR count). The van der Waals surface area contributed by atoms with Crippen LogP contribution in [0, 0.1) is 0 Å². The maximum Gasteiger partial charge on any atom is 0.236 e. The van der Waals surface area contributed by atoms with Gasteiger partial charge in [-0.1, -0.05) is 0 Å². The SMILES string of the molecule is CSC(C)C(=O)N1CCCCC1c1nc(-c2cnc(C3CC3)o2)c[nH]1. The van der Waals surface area contributed by atoms with Crippen LogP contribution in [0.2, 0.25) is 0 Å². The summed E-state index contributed by atoms with van der Waals surface area (Å²) in [5.41, 5.74) is 0.769. The number of oxazole rings is 1. The molecule has 0 radical (unpaired) electrons. The smallest absolute Gasteiger partial charge is 0.236 e. The number of nitrogens with one attached hydrogen (secondary N) is 1. The maximum atomic E-state index is 12.7. The van der Waals surface area contributed by atoms with Gasteiger partial charge in [0, 0.05) is 18.7 Å². The van der Waals surface area contributed by atoms with Gasteiger partial charge in [-0.05, 0) is 45.3 Å². The highest BCUT2D eigenvalue weighted by Crippen LogP contribution is 2.40. The standard InChI is InChI=1S/C18H24N4O2S/c1-11(25-2)18(23)22-8-4-3-5-14(22)16-19-9-13(21-16)15-10-20-17(24-15)12-6-7-12/h9-12,14H,3-8H2,1-2H3,(H,19,21). The molecule has 0 bridgehead atoms. The molecule has 1 saturated carbocycles. The Labute approximate surface area is 151 Å². The van der Waals surface area contributed by atoms with Crippen molar-refractivity contribution in [3.63, 3.8) is 0 Å². The van der Waals surface area contributed by atoms with Crippen molar-refractivity contribution < 1.29 is 9.21 Å². The average molecular weight is 360 g/mol. The van der Waals surface area contributed by atoms with E-state index < -0.39 is 0 Å². The minimum Gasteiger partial charge on any atom is -0.439 e. The number of hydrogen-bond acceptors (Lipinski definition) is 5. The molecule has 0 spiro atoms. The molecule has 1 N–H and O–H groups in total. The van der Waals surface area contributed by atoms with Crippen molar-refractivity contribution in [1.82, 2.24) is 19.9 Å². The molecule has 1 aliphatic carbocycles. The molecule has 1 aliphatic heterocycles. The molecule has 3 heterocycles. The third-order valence-corrected chi connectivity index (χ3v) is 6.01. The number of carbonyl (C=O) groups is 1. The van der Waals surface area contributed by atoms with Crippen LogP contribution < -0.4 is 0 Å². The Morgan fingerprint density at radius 1 is 1.40 bits per heavy atom. The molecule has 0 aromatic carbocycles. The average Bonchev–Trinajstić information content (AvgIpc) is 3.19. The van der Waals surface area contributed by atoms with Crippen molar-refractivity contribution >= 4 is 17.7 Å². The second kappa shape index (κ2) is 6.86. The van der Waals surface area contributed by atoms with Crippen LogP contribution in [-0.2, 0) is 4.79 Å². The first-order valence-electron chi connectivity index (χ1n) is 9.02. The number of carbonyl (C=O) groups excluding carboxylic acids is 1. The van der Waals surface area contributed by atoms with E-state index in [4.69, 9.17) is 9.40 Å². The highest BCUT2D eigenvalue weighted by atomic mass is 32.2. The van der Waals surface area contributed by atoms with E-state index in [9.17, 15) is 4.79 Å². The number of nitrogens with zero attached hydrogens (tertiary/aromatic N) is 3. The van der Waals surface area contributed by atoms with Gasteiger partial charge in [0.05, 0.1) is 17.5 Å².